The van der Waals surface area contributed by atoms with Gasteiger partial charge in [-0.3, -0.25) is 4.79 Å². The van der Waals surface area contributed by atoms with Crippen LogP contribution in [0.3, 0.4) is 0 Å². The molecular weight excluding hydrogens is 268 g/mol. The fourth-order valence-electron chi connectivity index (χ4n) is 1.84. The van der Waals surface area contributed by atoms with Gasteiger partial charge in [0.15, 0.2) is 5.82 Å². The minimum Gasteiger partial charge on any atom is -0.370 e. The number of pyridine rings is 1. The van der Waals surface area contributed by atoms with E-state index in [0.717, 1.165) is 25.3 Å². The normalized spacial score (nSPS) is 10.4. The molecule has 0 radical (unpaired) electrons. The van der Waals surface area contributed by atoms with Crippen LogP contribution in [0, 0.1) is 0 Å². The second-order valence-electron chi connectivity index (χ2n) is 4.55. The molecule has 2 N–H and O–H groups in total. The van der Waals surface area contributed by atoms with Gasteiger partial charge in [-0.25, -0.2) is 4.98 Å². The summed E-state index contributed by atoms with van der Waals surface area (Å²) < 4.78 is 1.88. The maximum Gasteiger partial charge on any atom is 0.270 e. The number of aryl methyl sites for hydroxylation is 1. The molecule has 0 unspecified atom stereocenters. The first kappa shape index (κ1) is 15.0. The third-order valence-corrected chi connectivity index (χ3v) is 2.98. The number of carbonyl (C=O) groups excluding carboxylic acids is 1. The summed E-state index contributed by atoms with van der Waals surface area (Å²) in [4.78, 5) is 16.4. The maximum atomic E-state index is 12.1. The van der Waals surface area contributed by atoms with Gasteiger partial charge in [-0.15, -0.1) is 10.2 Å². The Morgan fingerprint density at radius 3 is 2.95 bits per heavy atom. The van der Waals surface area contributed by atoms with Gasteiger partial charge < -0.3 is 15.2 Å². The largest absolute Gasteiger partial charge is 0.370 e. The fourth-order valence-corrected chi connectivity index (χ4v) is 1.84. The summed E-state index contributed by atoms with van der Waals surface area (Å²) in [5, 5.41) is 13.8. The molecule has 7 nitrogen and oxygen atoms in total. The van der Waals surface area contributed by atoms with E-state index in [0.29, 0.717) is 18.1 Å². The number of carbonyl (C=O) groups is 1. The molecule has 0 fully saturated rings. The highest BCUT2D eigenvalue weighted by Gasteiger charge is 2.10. The van der Waals surface area contributed by atoms with Crippen molar-refractivity contribution in [3.63, 3.8) is 0 Å². The first-order chi connectivity index (χ1) is 10.2. The molecule has 21 heavy (non-hydrogen) atoms. The SMILES string of the molecule is CCCNc1cccc(C(=O)NCc2nncn2CC)n1. The Balaban J connectivity index is 1.97. The highest BCUT2D eigenvalue weighted by Crippen LogP contribution is 2.05. The number of hydrogen-bond donors (Lipinski definition) is 2. The monoisotopic (exact) mass is 288 g/mol. The molecule has 7 heteroatoms. The molecule has 2 aromatic rings. The molecule has 0 aliphatic rings. The van der Waals surface area contributed by atoms with Crippen molar-refractivity contribution < 1.29 is 4.79 Å². The molecule has 0 atom stereocenters. The van der Waals surface area contributed by atoms with Crippen molar-refractivity contribution in [3.05, 3.63) is 36.0 Å². The van der Waals surface area contributed by atoms with E-state index in [2.05, 4.69) is 32.7 Å². The Morgan fingerprint density at radius 1 is 1.33 bits per heavy atom. The number of rotatable bonds is 7. The predicted molar refractivity (Wildman–Crippen MR) is 79.9 cm³/mol. The number of hydrogen-bond acceptors (Lipinski definition) is 5. The smallest absolute Gasteiger partial charge is 0.270 e. The van der Waals surface area contributed by atoms with Crippen molar-refractivity contribution in [2.75, 3.05) is 11.9 Å². The molecule has 0 saturated heterocycles. The molecule has 0 aliphatic carbocycles. The maximum absolute atomic E-state index is 12.1. The van der Waals surface area contributed by atoms with Crippen molar-refractivity contribution in [3.8, 4) is 0 Å². The fraction of sp³-hybridized carbons (Fsp3) is 0.429. The minimum atomic E-state index is -0.221. The number of anilines is 1. The summed E-state index contributed by atoms with van der Waals surface area (Å²) in [6, 6.07) is 5.35. The second-order valence-corrected chi connectivity index (χ2v) is 4.55. The highest BCUT2D eigenvalue weighted by molar-refractivity contribution is 5.92. The molecule has 2 heterocycles. The molecule has 0 spiro atoms. The van der Waals surface area contributed by atoms with Crippen LogP contribution in [0.5, 0.6) is 0 Å². The third kappa shape index (κ3) is 4.01. The molecule has 1 amide bonds. The van der Waals surface area contributed by atoms with Gasteiger partial charge >= 0.3 is 0 Å². The van der Waals surface area contributed by atoms with E-state index >= 15 is 0 Å². The molecule has 0 aliphatic heterocycles. The van der Waals surface area contributed by atoms with Gasteiger partial charge in [-0.2, -0.15) is 0 Å². The van der Waals surface area contributed by atoms with Crippen LogP contribution in [0.15, 0.2) is 24.5 Å². The predicted octanol–water partition coefficient (Wildman–Crippen LogP) is 1.44. The van der Waals surface area contributed by atoms with Gasteiger partial charge in [0.25, 0.3) is 5.91 Å². The van der Waals surface area contributed by atoms with E-state index in [4.69, 9.17) is 0 Å². The van der Waals surface area contributed by atoms with Gasteiger partial charge in [0, 0.05) is 13.1 Å². The first-order valence-electron chi connectivity index (χ1n) is 7.10. The Hall–Kier alpha value is -2.44. The lowest BCUT2D eigenvalue weighted by Gasteiger charge is -2.07. The van der Waals surface area contributed by atoms with Crippen LogP contribution in [-0.4, -0.2) is 32.2 Å². The Morgan fingerprint density at radius 2 is 2.19 bits per heavy atom. The summed E-state index contributed by atoms with van der Waals surface area (Å²) in [6.45, 7) is 6.01. The molecule has 0 bridgehead atoms. The number of nitrogens with zero attached hydrogens (tertiary/aromatic N) is 4. The molecule has 2 aromatic heterocycles. The van der Waals surface area contributed by atoms with Gasteiger partial charge in [0.1, 0.15) is 17.8 Å². The van der Waals surface area contributed by atoms with Crippen LogP contribution >= 0.6 is 0 Å². The summed E-state index contributed by atoms with van der Waals surface area (Å²) >= 11 is 0. The van der Waals surface area contributed by atoms with Crippen molar-refractivity contribution in [2.24, 2.45) is 0 Å². The number of amides is 1. The summed E-state index contributed by atoms with van der Waals surface area (Å²) in [6.07, 6.45) is 2.65. The van der Waals surface area contributed by atoms with E-state index in [9.17, 15) is 4.79 Å². The number of nitrogens with one attached hydrogen (secondary N) is 2. The van der Waals surface area contributed by atoms with Gasteiger partial charge in [-0.05, 0) is 25.5 Å². The van der Waals surface area contributed by atoms with E-state index in [-0.39, 0.29) is 5.91 Å². The molecule has 0 saturated carbocycles. The molecular formula is C14H20N6O. The highest BCUT2D eigenvalue weighted by atomic mass is 16.1. The second kappa shape index (κ2) is 7.37. The lowest BCUT2D eigenvalue weighted by Crippen LogP contribution is -2.25. The van der Waals surface area contributed by atoms with E-state index in [1.54, 1.807) is 12.4 Å². The van der Waals surface area contributed by atoms with E-state index < -0.39 is 0 Å². The summed E-state index contributed by atoms with van der Waals surface area (Å²) in [7, 11) is 0. The van der Waals surface area contributed by atoms with Crippen LogP contribution in [0.4, 0.5) is 5.82 Å². The summed E-state index contributed by atoms with van der Waals surface area (Å²) in [5.74, 6) is 1.22. The van der Waals surface area contributed by atoms with Gasteiger partial charge in [0.2, 0.25) is 0 Å². The zero-order valence-corrected chi connectivity index (χ0v) is 12.3. The van der Waals surface area contributed by atoms with Crippen LogP contribution in [-0.2, 0) is 13.1 Å². The minimum absolute atomic E-state index is 0.221. The average Bonchev–Trinajstić information content (AvgIpc) is 2.98. The third-order valence-electron chi connectivity index (χ3n) is 2.98. The number of aromatic nitrogens is 4. The van der Waals surface area contributed by atoms with Crippen LogP contribution in [0.2, 0.25) is 0 Å². The lowest BCUT2D eigenvalue weighted by molar-refractivity contribution is 0.0944. The van der Waals surface area contributed by atoms with Crippen molar-refractivity contribution in [1.29, 1.82) is 0 Å². The van der Waals surface area contributed by atoms with Crippen molar-refractivity contribution in [1.82, 2.24) is 25.1 Å². The quantitative estimate of drug-likeness (QED) is 0.805. The Kier molecular flexibility index (Phi) is 5.25. The van der Waals surface area contributed by atoms with E-state index in [1.807, 2.05) is 23.6 Å². The lowest BCUT2D eigenvalue weighted by atomic mass is 10.3. The Bertz CT molecular complexity index is 595. The standard InChI is InChI=1S/C14H20N6O/c1-3-8-15-12-7-5-6-11(18-12)14(21)16-9-13-19-17-10-20(13)4-2/h5-7,10H,3-4,8-9H2,1-2H3,(H,15,18)(H,16,21). The molecule has 0 aromatic carbocycles. The first-order valence-corrected chi connectivity index (χ1v) is 7.10. The van der Waals surface area contributed by atoms with Crippen molar-refractivity contribution in [2.45, 2.75) is 33.4 Å². The van der Waals surface area contributed by atoms with Crippen LogP contribution in [0.1, 0.15) is 36.6 Å². The topological polar surface area (TPSA) is 84.7 Å². The summed E-state index contributed by atoms with van der Waals surface area (Å²) in [5.41, 5.74) is 0.388. The Labute approximate surface area is 123 Å². The van der Waals surface area contributed by atoms with Crippen LogP contribution in [0.25, 0.3) is 0 Å². The van der Waals surface area contributed by atoms with Crippen LogP contribution < -0.4 is 10.6 Å². The zero-order valence-electron chi connectivity index (χ0n) is 12.3. The van der Waals surface area contributed by atoms with Gasteiger partial charge in [0.05, 0.1) is 6.54 Å². The average molecular weight is 288 g/mol. The van der Waals surface area contributed by atoms with E-state index in [1.165, 1.54) is 0 Å². The van der Waals surface area contributed by atoms with Gasteiger partial charge in [-0.1, -0.05) is 13.0 Å². The molecule has 2 rings (SSSR count). The zero-order chi connectivity index (χ0) is 15.1. The molecule has 112 valence electrons. The van der Waals surface area contributed by atoms with Crippen molar-refractivity contribution >= 4 is 11.7 Å².